The molecule has 0 aliphatic rings. The fraction of sp³-hybridized carbons (Fsp3) is 0.273. The van der Waals surface area contributed by atoms with Gasteiger partial charge < -0.3 is 9.47 Å². The van der Waals surface area contributed by atoms with Crippen LogP contribution in [0.15, 0.2) is 24.8 Å². The summed E-state index contributed by atoms with van der Waals surface area (Å²) in [5.41, 5.74) is 0. The molecule has 0 amide bonds. The van der Waals surface area contributed by atoms with Crippen molar-refractivity contribution in [1.82, 2.24) is 0 Å². The fourth-order valence-electron chi connectivity index (χ4n) is 0.584. The highest BCUT2D eigenvalue weighted by Gasteiger charge is 1.99. The molecule has 0 saturated carbocycles. The Morgan fingerprint density at radius 1 is 1.27 bits per heavy atom. The van der Waals surface area contributed by atoms with Crippen molar-refractivity contribution in [3.63, 3.8) is 0 Å². The molecular formula is C11H12O4. The predicted octanol–water partition coefficient (Wildman–Crippen LogP) is 0.838. The maximum absolute atomic E-state index is 10.9. The van der Waals surface area contributed by atoms with E-state index in [1.54, 1.807) is 0 Å². The van der Waals surface area contributed by atoms with Crippen LogP contribution in [0.5, 0.6) is 0 Å². The first kappa shape index (κ1) is 13.0. The number of carbonyl (C=O) groups excluding carboxylic acids is 2. The van der Waals surface area contributed by atoms with Gasteiger partial charge in [0.05, 0.1) is 0 Å². The van der Waals surface area contributed by atoms with Crippen molar-refractivity contribution in [3.05, 3.63) is 24.8 Å². The van der Waals surface area contributed by atoms with Crippen LogP contribution in [0.4, 0.5) is 0 Å². The van der Waals surface area contributed by atoms with Gasteiger partial charge in [0, 0.05) is 18.6 Å². The van der Waals surface area contributed by atoms with Crippen molar-refractivity contribution in [2.75, 3.05) is 13.2 Å². The SMILES string of the molecule is C#CCCOC(=O)C=CC(=O)OCC=C. The number of hydrogen-bond donors (Lipinski definition) is 0. The molecule has 0 spiro atoms. The number of rotatable bonds is 6. The molecule has 0 N–H and O–H groups in total. The van der Waals surface area contributed by atoms with Gasteiger partial charge >= 0.3 is 11.9 Å². The van der Waals surface area contributed by atoms with Crippen LogP contribution >= 0.6 is 0 Å². The third-order valence-electron chi connectivity index (χ3n) is 1.19. The lowest BCUT2D eigenvalue weighted by atomic mass is 10.4. The van der Waals surface area contributed by atoms with Crippen molar-refractivity contribution in [1.29, 1.82) is 0 Å². The van der Waals surface area contributed by atoms with Crippen LogP contribution in [-0.4, -0.2) is 25.2 Å². The van der Waals surface area contributed by atoms with Crippen molar-refractivity contribution >= 4 is 11.9 Å². The van der Waals surface area contributed by atoms with Crippen LogP contribution < -0.4 is 0 Å². The first-order valence-electron chi connectivity index (χ1n) is 4.26. The van der Waals surface area contributed by atoms with E-state index >= 15 is 0 Å². The fourth-order valence-corrected chi connectivity index (χ4v) is 0.584. The van der Waals surface area contributed by atoms with E-state index in [2.05, 4.69) is 22.0 Å². The average molecular weight is 208 g/mol. The lowest BCUT2D eigenvalue weighted by molar-refractivity contribution is -0.139. The minimum atomic E-state index is -0.624. The number of carbonyl (C=O) groups is 2. The molecule has 0 rings (SSSR count). The summed E-state index contributed by atoms with van der Waals surface area (Å²) in [6.45, 7) is 3.61. The molecule has 0 aromatic rings. The number of hydrogen-bond acceptors (Lipinski definition) is 4. The van der Waals surface area contributed by atoms with Crippen LogP contribution in [0.2, 0.25) is 0 Å². The quantitative estimate of drug-likeness (QED) is 0.213. The van der Waals surface area contributed by atoms with Gasteiger partial charge in [0.25, 0.3) is 0 Å². The van der Waals surface area contributed by atoms with Gasteiger partial charge in [-0.1, -0.05) is 12.7 Å². The molecule has 0 aromatic heterocycles. The summed E-state index contributed by atoms with van der Waals surface area (Å²) in [4.78, 5) is 21.7. The van der Waals surface area contributed by atoms with E-state index in [9.17, 15) is 9.59 Å². The molecule has 0 unspecified atom stereocenters. The standard InChI is InChI=1S/C11H12O4/c1-3-5-9-15-11(13)7-6-10(12)14-8-4-2/h1,4,6-7H,2,5,8-9H2. The first-order valence-corrected chi connectivity index (χ1v) is 4.26. The highest BCUT2D eigenvalue weighted by atomic mass is 16.5. The van der Waals surface area contributed by atoms with E-state index in [4.69, 9.17) is 6.42 Å². The van der Waals surface area contributed by atoms with E-state index in [1.807, 2.05) is 0 Å². The molecule has 80 valence electrons. The highest BCUT2D eigenvalue weighted by molar-refractivity contribution is 5.91. The Morgan fingerprint density at radius 2 is 1.87 bits per heavy atom. The van der Waals surface area contributed by atoms with E-state index in [1.165, 1.54) is 6.08 Å². The minimum Gasteiger partial charge on any atom is -0.462 e. The van der Waals surface area contributed by atoms with Gasteiger partial charge in [0.15, 0.2) is 0 Å². The topological polar surface area (TPSA) is 52.6 Å². The molecule has 15 heavy (non-hydrogen) atoms. The number of terminal acetylenes is 1. The number of esters is 2. The van der Waals surface area contributed by atoms with Crippen LogP contribution in [-0.2, 0) is 19.1 Å². The lowest BCUT2D eigenvalue weighted by Gasteiger charge is -1.97. The van der Waals surface area contributed by atoms with Crippen molar-refractivity contribution in [3.8, 4) is 12.3 Å². The Hall–Kier alpha value is -2.02. The molecule has 4 heteroatoms. The van der Waals surface area contributed by atoms with Gasteiger partial charge in [-0.25, -0.2) is 9.59 Å². The summed E-state index contributed by atoms with van der Waals surface area (Å²) < 4.78 is 9.22. The summed E-state index contributed by atoms with van der Waals surface area (Å²) in [5.74, 6) is 1.07. The Labute approximate surface area is 88.6 Å². The largest absolute Gasteiger partial charge is 0.462 e. The summed E-state index contributed by atoms with van der Waals surface area (Å²) in [5, 5.41) is 0. The maximum Gasteiger partial charge on any atom is 0.331 e. The zero-order valence-corrected chi connectivity index (χ0v) is 8.27. The molecule has 0 aliphatic carbocycles. The summed E-state index contributed by atoms with van der Waals surface area (Å²) in [6.07, 6.45) is 8.70. The molecule has 0 heterocycles. The zero-order valence-electron chi connectivity index (χ0n) is 8.27. The summed E-state index contributed by atoms with van der Waals surface area (Å²) in [6, 6.07) is 0. The van der Waals surface area contributed by atoms with E-state index in [-0.39, 0.29) is 13.2 Å². The third kappa shape index (κ3) is 8.31. The van der Waals surface area contributed by atoms with Crippen LogP contribution in [0, 0.1) is 12.3 Å². The van der Waals surface area contributed by atoms with E-state index < -0.39 is 11.9 Å². The van der Waals surface area contributed by atoms with Gasteiger partial charge in [0.1, 0.15) is 13.2 Å². The summed E-state index contributed by atoms with van der Waals surface area (Å²) in [7, 11) is 0. The number of ether oxygens (including phenoxy) is 2. The normalized spacial score (nSPS) is 9.27. The second-order valence-electron chi connectivity index (χ2n) is 2.37. The molecular weight excluding hydrogens is 196 g/mol. The monoisotopic (exact) mass is 208 g/mol. The summed E-state index contributed by atoms with van der Waals surface area (Å²) >= 11 is 0. The molecule has 0 bridgehead atoms. The molecule has 0 fully saturated rings. The minimum absolute atomic E-state index is 0.106. The Kier molecular flexibility index (Phi) is 7.42. The highest BCUT2D eigenvalue weighted by Crippen LogP contribution is 1.87. The molecule has 0 radical (unpaired) electrons. The van der Waals surface area contributed by atoms with Crippen molar-refractivity contribution < 1.29 is 19.1 Å². The van der Waals surface area contributed by atoms with Gasteiger partial charge in [-0.2, -0.15) is 0 Å². The Morgan fingerprint density at radius 3 is 2.40 bits per heavy atom. The smallest absolute Gasteiger partial charge is 0.331 e. The second kappa shape index (κ2) is 8.57. The molecule has 0 aliphatic heterocycles. The van der Waals surface area contributed by atoms with Gasteiger partial charge in [-0.3, -0.25) is 0 Å². The van der Waals surface area contributed by atoms with Crippen molar-refractivity contribution in [2.24, 2.45) is 0 Å². The van der Waals surface area contributed by atoms with E-state index in [0.29, 0.717) is 6.42 Å². The zero-order chi connectivity index (χ0) is 11.5. The Balaban J connectivity index is 3.75. The van der Waals surface area contributed by atoms with Gasteiger partial charge in [0.2, 0.25) is 0 Å². The Bertz CT molecular complexity index is 296. The van der Waals surface area contributed by atoms with Gasteiger partial charge in [-0.05, 0) is 0 Å². The van der Waals surface area contributed by atoms with Crippen LogP contribution in [0.25, 0.3) is 0 Å². The molecule has 4 nitrogen and oxygen atoms in total. The third-order valence-corrected chi connectivity index (χ3v) is 1.19. The molecule has 0 saturated heterocycles. The maximum atomic E-state index is 10.9. The predicted molar refractivity (Wildman–Crippen MR) is 54.7 cm³/mol. The first-order chi connectivity index (χ1) is 7.20. The van der Waals surface area contributed by atoms with Gasteiger partial charge in [-0.15, -0.1) is 12.3 Å². The lowest BCUT2D eigenvalue weighted by Crippen LogP contribution is -2.05. The van der Waals surface area contributed by atoms with Crippen LogP contribution in [0.1, 0.15) is 6.42 Å². The average Bonchev–Trinajstić information content (AvgIpc) is 2.24. The molecule has 0 aromatic carbocycles. The van der Waals surface area contributed by atoms with Crippen molar-refractivity contribution in [2.45, 2.75) is 6.42 Å². The van der Waals surface area contributed by atoms with E-state index in [0.717, 1.165) is 12.2 Å². The molecule has 0 atom stereocenters. The second-order valence-corrected chi connectivity index (χ2v) is 2.37. The van der Waals surface area contributed by atoms with Crippen LogP contribution in [0.3, 0.4) is 0 Å².